The molecule has 7 nitrogen and oxygen atoms in total. The molecule has 1 aliphatic heterocycles. The number of guanidine groups is 1. The van der Waals surface area contributed by atoms with E-state index in [0.29, 0.717) is 49.2 Å². The zero-order chi connectivity index (χ0) is 21.6. The number of ether oxygens (including phenoxy) is 2. The Kier molecular flexibility index (Phi) is 14.4. The first-order valence-electron chi connectivity index (χ1n) is 10.8. The maximum absolute atomic E-state index is 13.6. The van der Waals surface area contributed by atoms with Crippen LogP contribution < -0.4 is 16.0 Å². The number of rotatable bonds is 11. The minimum Gasteiger partial charge on any atom is -0.381 e. The molecule has 31 heavy (non-hydrogen) atoms. The number of nitrogens with zero attached hydrogens (tertiary/aromatic N) is 1. The van der Waals surface area contributed by atoms with Crippen LogP contribution in [0.5, 0.6) is 0 Å². The molecule has 1 saturated heterocycles. The van der Waals surface area contributed by atoms with Crippen LogP contribution >= 0.6 is 24.0 Å². The first-order valence-corrected chi connectivity index (χ1v) is 10.8. The normalized spacial score (nSPS) is 14.6. The number of hydrogen-bond donors (Lipinski definition) is 3. The lowest BCUT2D eigenvalue weighted by Gasteiger charge is -2.21. The molecule has 1 amide bonds. The first-order chi connectivity index (χ1) is 14.6. The molecule has 0 radical (unpaired) electrons. The van der Waals surface area contributed by atoms with E-state index in [1.165, 1.54) is 6.07 Å². The van der Waals surface area contributed by atoms with E-state index in [-0.39, 0.29) is 35.7 Å². The molecule has 0 bridgehead atoms. The Labute approximate surface area is 202 Å². The van der Waals surface area contributed by atoms with Crippen molar-refractivity contribution in [1.29, 1.82) is 0 Å². The summed E-state index contributed by atoms with van der Waals surface area (Å²) in [5.41, 5.74) is 0.841. The molecule has 176 valence electrons. The fraction of sp³-hybridized carbons (Fsp3) is 0.636. The third kappa shape index (κ3) is 11.1. The highest BCUT2D eigenvalue weighted by Crippen LogP contribution is 2.14. The van der Waals surface area contributed by atoms with Gasteiger partial charge in [0, 0.05) is 58.2 Å². The Morgan fingerprint density at radius 1 is 1.23 bits per heavy atom. The molecule has 0 spiro atoms. The van der Waals surface area contributed by atoms with Gasteiger partial charge in [-0.05, 0) is 56.7 Å². The predicted molar refractivity (Wildman–Crippen MR) is 132 cm³/mol. The van der Waals surface area contributed by atoms with Gasteiger partial charge in [0.1, 0.15) is 5.82 Å². The number of nitrogens with one attached hydrogen (secondary N) is 3. The van der Waals surface area contributed by atoms with Crippen LogP contribution in [0.3, 0.4) is 0 Å². The van der Waals surface area contributed by atoms with Gasteiger partial charge in [-0.1, -0.05) is 6.07 Å². The third-order valence-electron chi connectivity index (χ3n) is 4.89. The highest BCUT2D eigenvalue weighted by atomic mass is 127. The fourth-order valence-electron chi connectivity index (χ4n) is 3.06. The summed E-state index contributed by atoms with van der Waals surface area (Å²) in [5, 5.41) is 9.15. The van der Waals surface area contributed by atoms with Gasteiger partial charge in [-0.3, -0.25) is 9.79 Å². The van der Waals surface area contributed by atoms with Gasteiger partial charge in [0.2, 0.25) is 0 Å². The smallest absolute Gasteiger partial charge is 0.251 e. The number of carbonyl (C=O) groups is 1. The van der Waals surface area contributed by atoms with E-state index in [2.05, 4.69) is 20.9 Å². The van der Waals surface area contributed by atoms with Crippen LogP contribution in [-0.4, -0.2) is 64.5 Å². The van der Waals surface area contributed by atoms with Gasteiger partial charge in [0.15, 0.2) is 5.96 Å². The number of halogens is 2. The van der Waals surface area contributed by atoms with E-state index in [4.69, 9.17) is 9.47 Å². The molecule has 9 heteroatoms. The van der Waals surface area contributed by atoms with Crippen molar-refractivity contribution in [2.45, 2.75) is 33.1 Å². The Morgan fingerprint density at radius 3 is 2.68 bits per heavy atom. The summed E-state index contributed by atoms with van der Waals surface area (Å²) < 4.78 is 24.7. The van der Waals surface area contributed by atoms with E-state index in [1.54, 1.807) is 19.1 Å². The Hall–Kier alpha value is -1.46. The minimum atomic E-state index is -0.376. The van der Waals surface area contributed by atoms with Crippen LogP contribution in [0.4, 0.5) is 4.39 Å². The van der Waals surface area contributed by atoms with Crippen LogP contribution in [0.25, 0.3) is 0 Å². The molecule has 0 unspecified atom stereocenters. The second kappa shape index (κ2) is 16.2. The van der Waals surface area contributed by atoms with Crippen LogP contribution in [0.15, 0.2) is 23.2 Å². The van der Waals surface area contributed by atoms with E-state index in [0.717, 1.165) is 45.6 Å². The maximum atomic E-state index is 13.6. The molecule has 2 rings (SSSR count). The average molecular weight is 550 g/mol. The number of hydrogen-bond acceptors (Lipinski definition) is 4. The molecular weight excluding hydrogens is 514 g/mol. The molecule has 1 aliphatic rings. The Balaban J connectivity index is 0.00000480. The fourth-order valence-corrected chi connectivity index (χ4v) is 3.06. The number of benzene rings is 1. The quantitative estimate of drug-likeness (QED) is 0.171. The van der Waals surface area contributed by atoms with Crippen LogP contribution in [-0.2, 0) is 9.47 Å². The molecule has 0 aromatic heterocycles. The summed E-state index contributed by atoms with van der Waals surface area (Å²) in [6.07, 6.45) is 3.03. The molecule has 0 atom stereocenters. The summed E-state index contributed by atoms with van der Waals surface area (Å²) >= 11 is 0. The largest absolute Gasteiger partial charge is 0.381 e. The summed E-state index contributed by atoms with van der Waals surface area (Å²) in [7, 11) is 0. The summed E-state index contributed by atoms with van der Waals surface area (Å²) in [6.45, 7) is 9.21. The maximum Gasteiger partial charge on any atom is 0.251 e. The number of amides is 1. The lowest BCUT2D eigenvalue weighted by molar-refractivity contribution is 0.0205. The van der Waals surface area contributed by atoms with Gasteiger partial charge in [-0.25, -0.2) is 4.39 Å². The third-order valence-corrected chi connectivity index (χ3v) is 4.89. The number of aryl methyl sites for hydroxylation is 1. The summed E-state index contributed by atoms with van der Waals surface area (Å²) in [6, 6.07) is 4.48. The zero-order valence-electron chi connectivity index (χ0n) is 18.5. The summed E-state index contributed by atoms with van der Waals surface area (Å²) in [5.74, 6) is 0.656. The second-order valence-electron chi connectivity index (χ2n) is 7.39. The van der Waals surface area contributed by atoms with E-state index in [1.807, 2.05) is 6.92 Å². The number of carbonyl (C=O) groups excluding carboxylic acids is 1. The molecule has 1 aromatic carbocycles. The molecule has 0 aliphatic carbocycles. The lowest BCUT2D eigenvalue weighted by Crippen LogP contribution is -2.41. The molecule has 1 aromatic rings. The zero-order valence-corrected chi connectivity index (χ0v) is 20.9. The van der Waals surface area contributed by atoms with E-state index >= 15 is 0 Å². The van der Waals surface area contributed by atoms with Crippen molar-refractivity contribution in [3.63, 3.8) is 0 Å². The standard InChI is InChI=1S/C22H35FN4O3.HI/c1-3-24-22(26-9-4-12-30-16-18-7-13-29-14-8-18)27-11-10-25-21(28)19-6-5-17(2)20(23)15-19;/h5-6,15,18H,3-4,7-14,16H2,1-2H3,(H,25,28)(H2,24,26,27);1H. The number of aliphatic imine (C=N–C) groups is 1. The van der Waals surface area contributed by atoms with Gasteiger partial charge in [-0.2, -0.15) is 0 Å². The van der Waals surface area contributed by atoms with Crippen LogP contribution in [0, 0.1) is 18.7 Å². The SMILES string of the molecule is CCNC(=NCCCOCC1CCOCC1)NCCNC(=O)c1ccc(C)c(F)c1.I. The van der Waals surface area contributed by atoms with Gasteiger partial charge >= 0.3 is 0 Å². The van der Waals surface area contributed by atoms with Crippen molar-refractivity contribution in [3.8, 4) is 0 Å². The van der Waals surface area contributed by atoms with Crippen molar-refractivity contribution in [2.75, 3.05) is 52.6 Å². The summed E-state index contributed by atoms with van der Waals surface area (Å²) in [4.78, 5) is 16.6. The molecular formula is C22H36FIN4O3. The van der Waals surface area contributed by atoms with Crippen LogP contribution in [0.1, 0.15) is 42.1 Å². The molecule has 1 heterocycles. The lowest BCUT2D eigenvalue weighted by atomic mass is 10.0. The average Bonchev–Trinajstić information content (AvgIpc) is 2.76. The van der Waals surface area contributed by atoms with E-state index < -0.39 is 0 Å². The first kappa shape index (κ1) is 27.6. The van der Waals surface area contributed by atoms with Gasteiger partial charge in [0.25, 0.3) is 5.91 Å². The predicted octanol–water partition coefficient (Wildman–Crippen LogP) is 2.87. The highest BCUT2D eigenvalue weighted by molar-refractivity contribution is 14.0. The monoisotopic (exact) mass is 550 g/mol. The van der Waals surface area contributed by atoms with Crippen molar-refractivity contribution < 1.29 is 18.7 Å². The van der Waals surface area contributed by atoms with Crippen molar-refractivity contribution in [3.05, 3.63) is 35.1 Å². The molecule has 1 fully saturated rings. The second-order valence-corrected chi connectivity index (χ2v) is 7.39. The van der Waals surface area contributed by atoms with Crippen molar-refractivity contribution >= 4 is 35.8 Å². The highest BCUT2D eigenvalue weighted by Gasteiger charge is 2.13. The van der Waals surface area contributed by atoms with Crippen LogP contribution in [0.2, 0.25) is 0 Å². The van der Waals surface area contributed by atoms with Gasteiger partial charge in [-0.15, -0.1) is 24.0 Å². The van der Waals surface area contributed by atoms with Crippen molar-refractivity contribution in [1.82, 2.24) is 16.0 Å². The van der Waals surface area contributed by atoms with E-state index in [9.17, 15) is 9.18 Å². The Bertz CT molecular complexity index is 685. The van der Waals surface area contributed by atoms with Crippen molar-refractivity contribution in [2.24, 2.45) is 10.9 Å². The minimum absolute atomic E-state index is 0. The Morgan fingerprint density at radius 2 is 1.97 bits per heavy atom. The molecule has 0 saturated carbocycles. The topological polar surface area (TPSA) is 84.0 Å². The van der Waals surface area contributed by atoms with Gasteiger partial charge in [0.05, 0.1) is 0 Å². The van der Waals surface area contributed by atoms with Gasteiger partial charge < -0.3 is 25.4 Å². The molecule has 3 N–H and O–H groups in total.